The van der Waals surface area contributed by atoms with Gasteiger partial charge in [0.15, 0.2) is 11.6 Å². The summed E-state index contributed by atoms with van der Waals surface area (Å²) in [4.78, 5) is 17.1. The van der Waals surface area contributed by atoms with Crippen LogP contribution in [0.4, 0.5) is 4.39 Å². The van der Waals surface area contributed by atoms with Crippen molar-refractivity contribution >= 4 is 5.91 Å². The van der Waals surface area contributed by atoms with Crippen molar-refractivity contribution in [1.29, 1.82) is 0 Å². The quantitative estimate of drug-likeness (QED) is 0.892. The maximum atomic E-state index is 13.8. The summed E-state index contributed by atoms with van der Waals surface area (Å²) in [6.07, 6.45) is 4.03. The van der Waals surface area contributed by atoms with Gasteiger partial charge in [0.25, 0.3) is 0 Å². The average molecular weight is 363 g/mol. The fraction of sp³-hybridized carbons (Fsp3) is 0.650. The minimum Gasteiger partial charge on any atom is -0.494 e. The number of nitrogens with two attached hydrogens (primary N) is 1. The number of carbonyl (C=O) groups excluding carboxylic acids is 1. The Morgan fingerprint density at radius 3 is 2.65 bits per heavy atom. The predicted octanol–water partition coefficient (Wildman–Crippen LogP) is 2.39. The molecule has 5 nitrogen and oxygen atoms in total. The molecule has 0 radical (unpaired) electrons. The van der Waals surface area contributed by atoms with Crippen LogP contribution in [0.1, 0.15) is 38.2 Å². The molecule has 2 N–H and O–H groups in total. The van der Waals surface area contributed by atoms with Gasteiger partial charge in [-0.2, -0.15) is 0 Å². The van der Waals surface area contributed by atoms with Crippen molar-refractivity contribution in [3.05, 3.63) is 29.6 Å². The van der Waals surface area contributed by atoms with Gasteiger partial charge in [0.05, 0.1) is 13.0 Å². The number of carbonyl (C=O) groups is 1. The molecule has 1 aliphatic heterocycles. The molecule has 1 aliphatic carbocycles. The van der Waals surface area contributed by atoms with Crippen molar-refractivity contribution in [2.45, 2.75) is 44.7 Å². The molecular formula is C20H30FN3O2. The van der Waals surface area contributed by atoms with E-state index in [-0.39, 0.29) is 28.9 Å². The fourth-order valence-electron chi connectivity index (χ4n) is 4.18. The summed E-state index contributed by atoms with van der Waals surface area (Å²) in [6, 6.07) is 5.08. The lowest BCUT2D eigenvalue weighted by atomic mass is 9.74. The lowest BCUT2D eigenvalue weighted by Gasteiger charge is -2.42. The summed E-state index contributed by atoms with van der Waals surface area (Å²) < 4.78 is 18.8. The lowest BCUT2D eigenvalue weighted by Crippen LogP contribution is -2.57. The van der Waals surface area contributed by atoms with Crippen molar-refractivity contribution in [1.82, 2.24) is 9.80 Å². The second-order valence-corrected chi connectivity index (χ2v) is 7.87. The van der Waals surface area contributed by atoms with Gasteiger partial charge in [-0.1, -0.05) is 18.9 Å². The van der Waals surface area contributed by atoms with E-state index in [1.165, 1.54) is 13.2 Å². The Hall–Kier alpha value is -1.66. The number of methoxy groups -OCH3 is 1. The Balaban J connectivity index is 1.54. The van der Waals surface area contributed by atoms with E-state index in [1.54, 1.807) is 6.07 Å². The zero-order chi connectivity index (χ0) is 18.7. The van der Waals surface area contributed by atoms with E-state index in [9.17, 15) is 9.18 Å². The van der Waals surface area contributed by atoms with Gasteiger partial charge in [-0.05, 0) is 37.5 Å². The maximum absolute atomic E-state index is 13.8. The van der Waals surface area contributed by atoms with Gasteiger partial charge in [0.1, 0.15) is 0 Å². The van der Waals surface area contributed by atoms with Crippen molar-refractivity contribution in [3.63, 3.8) is 0 Å². The van der Waals surface area contributed by atoms with E-state index < -0.39 is 0 Å². The van der Waals surface area contributed by atoms with Crippen LogP contribution in [0.25, 0.3) is 0 Å². The molecule has 2 atom stereocenters. The van der Waals surface area contributed by atoms with Crippen molar-refractivity contribution in [2.75, 3.05) is 33.3 Å². The minimum atomic E-state index is -0.382. The smallest absolute Gasteiger partial charge is 0.227 e. The van der Waals surface area contributed by atoms with Gasteiger partial charge in [0.2, 0.25) is 5.91 Å². The second kappa shape index (κ2) is 7.92. The Bertz CT molecular complexity index is 642. The number of ether oxygens (including phenoxy) is 1. The summed E-state index contributed by atoms with van der Waals surface area (Å²) in [5, 5.41) is 0. The molecule has 26 heavy (non-hydrogen) atoms. The van der Waals surface area contributed by atoms with Gasteiger partial charge < -0.3 is 15.4 Å². The first-order valence-corrected chi connectivity index (χ1v) is 9.53. The van der Waals surface area contributed by atoms with Crippen LogP contribution in [-0.4, -0.2) is 54.5 Å². The SMILES string of the molecule is COc1ccc(CN2CCN(C(=O)C3CCCCC3(C)N)CC2)cc1F. The highest BCUT2D eigenvalue weighted by molar-refractivity contribution is 5.80. The molecule has 144 valence electrons. The third-order valence-corrected chi connectivity index (χ3v) is 5.86. The molecule has 2 aliphatic rings. The minimum absolute atomic E-state index is 0.0570. The molecule has 0 aromatic heterocycles. The summed E-state index contributed by atoms with van der Waals surface area (Å²) in [5.41, 5.74) is 6.93. The molecule has 1 aromatic rings. The monoisotopic (exact) mass is 363 g/mol. The molecule has 1 saturated heterocycles. The van der Waals surface area contributed by atoms with E-state index in [1.807, 2.05) is 17.9 Å². The summed E-state index contributed by atoms with van der Waals surface area (Å²) in [7, 11) is 1.47. The van der Waals surface area contributed by atoms with Gasteiger partial charge in [0, 0.05) is 38.3 Å². The second-order valence-electron chi connectivity index (χ2n) is 7.87. The molecule has 3 rings (SSSR count). The fourth-order valence-corrected chi connectivity index (χ4v) is 4.18. The van der Waals surface area contributed by atoms with Gasteiger partial charge in [-0.25, -0.2) is 4.39 Å². The Morgan fingerprint density at radius 2 is 2.04 bits per heavy atom. The van der Waals surface area contributed by atoms with Gasteiger partial charge in [-0.3, -0.25) is 9.69 Å². The van der Waals surface area contributed by atoms with Gasteiger partial charge >= 0.3 is 0 Å². The van der Waals surface area contributed by atoms with Crippen molar-refractivity contribution in [2.24, 2.45) is 11.7 Å². The molecule has 1 saturated carbocycles. The Labute approximate surface area is 155 Å². The molecular weight excluding hydrogens is 333 g/mol. The van der Waals surface area contributed by atoms with Crippen LogP contribution >= 0.6 is 0 Å². The third-order valence-electron chi connectivity index (χ3n) is 5.86. The number of rotatable bonds is 4. The summed E-state index contributed by atoms with van der Waals surface area (Å²) in [6.45, 7) is 5.72. The number of piperazine rings is 1. The normalized spacial score (nSPS) is 27.4. The molecule has 2 unspecified atom stereocenters. The molecule has 1 amide bonds. The number of hydrogen-bond acceptors (Lipinski definition) is 4. The van der Waals surface area contributed by atoms with Crippen LogP contribution < -0.4 is 10.5 Å². The Morgan fingerprint density at radius 1 is 1.31 bits per heavy atom. The number of halogens is 1. The first-order chi connectivity index (χ1) is 12.4. The van der Waals surface area contributed by atoms with E-state index in [2.05, 4.69) is 4.90 Å². The van der Waals surface area contributed by atoms with E-state index in [0.29, 0.717) is 19.6 Å². The summed E-state index contributed by atoms with van der Waals surface area (Å²) in [5.74, 6) is 0.0863. The maximum Gasteiger partial charge on any atom is 0.227 e. The zero-order valence-electron chi connectivity index (χ0n) is 15.8. The molecule has 2 fully saturated rings. The van der Waals surface area contributed by atoms with Crippen LogP contribution in [0.5, 0.6) is 5.75 Å². The highest BCUT2D eigenvalue weighted by Gasteiger charge is 2.40. The van der Waals surface area contributed by atoms with E-state index in [0.717, 1.165) is 44.3 Å². The molecule has 1 heterocycles. The van der Waals surface area contributed by atoms with Crippen LogP contribution in [0.15, 0.2) is 18.2 Å². The third kappa shape index (κ3) is 4.18. The molecule has 0 bridgehead atoms. The topological polar surface area (TPSA) is 58.8 Å². The number of benzene rings is 1. The van der Waals surface area contributed by atoms with Crippen molar-refractivity contribution < 1.29 is 13.9 Å². The van der Waals surface area contributed by atoms with Gasteiger partial charge in [-0.15, -0.1) is 0 Å². The average Bonchev–Trinajstić information content (AvgIpc) is 2.62. The first kappa shape index (κ1) is 19.1. The molecule has 6 heteroatoms. The van der Waals surface area contributed by atoms with Crippen molar-refractivity contribution in [3.8, 4) is 5.75 Å². The number of nitrogens with zero attached hydrogens (tertiary/aromatic N) is 2. The van der Waals surface area contributed by atoms with Crippen LogP contribution in [0.2, 0.25) is 0 Å². The zero-order valence-corrected chi connectivity index (χ0v) is 15.8. The number of amides is 1. The molecule has 0 spiro atoms. The Kier molecular flexibility index (Phi) is 5.82. The number of hydrogen-bond donors (Lipinski definition) is 1. The predicted molar refractivity (Wildman–Crippen MR) is 99.4 cm³/mol. The largest absolute Gasteiger partial charge is 0.494 e. The van der Waals surface area contributed by atoms with E-state index in [4.69, 9.17) is 10.5 Å². The van der Waals surface area contributed by atoms with Crippen LogP contribution in [0.3, 0.4) is 0 Å². The van der Waals surface area contributed by atoms with Crippen LogP contribution in [-0.2, 0) is 11.3 Å². The lowest BCUT2D eigenvalue weighted by molar-refractivity contribution is -0.140. The highest BCUT2D eigenvalue weighted by Crippen LogP contribution is 2.33. The first-order valence-electron chi connectivity index (χ1n) is 9.53. The molecule has 1 aromatic carbocycles. The van der Waals surface area contributed by atoms with E-state index >= 15 is 0 Å². The highest BCUT2D eigenvalue weighted by atomic mass is 19.1. The standard InChI is InChI=1S/C20H30FN3O2/c1-20(22)8-4-3-5-16(20)19(25)24-11-9-23(10-12-24)14-15-6-7-18(26-2)17(21)13-15/h6-7,13,16H,3-5,8-12,14,22H2,1-2H3. The van der Waals surface area contributed by atoms with Crippen LogP contribution in [0, 0.1) is 11.7 Å². The summed E-state index contributed by atoms with van der Waals surface area (Å²) >= 11 is 0.